The second-order valence-corrected chi connectivity index (χ2v) is 19.5. The lowest BCUT2D eigenvalue weighted by Crippen LogP contribution is -2.59. The van der Waals surface area contributed by atoms with Gasteiger partial charge in [-0.05, 0) is 70.4 Å². The summed E-state index contributed by atoms with van der Waals surface area (Å²) in [5, 5.41) is 35.7. The molecule has 2 aromatic rings. The molecule has 2 aromatic carbocycles. The normalized spacial score (nSPS) is 13.5. The van der Waals surface area contributed by atoms with E-state index >= 15 is 0 Å². The number of hydrogen-bond donors (Lipinski definition) is 7. The van der Waals surface area contributed by atoms with E-state index < -0.39 is 134 Å². The molecule has 72 heavy (non-hydrogen) atoms. The Morgan fingerprint density at radius 3 is 1.90 bits per heavy atom. The zero-order valence-corrected chi connectivity index (χ0v) is 41.7. The predicted octanol–water partition coefficient (Wildman–Crippen LogP) is 1.81. The first kappa shape index (κ1) is 57.7. The highest BCUT2D eigenvalue weighted by atomic mass is 32.2. The summed E-state index contributed by atoms with van der Waals surface area (Å²) in [6, 6.07) is 5.42. The molecule has 1 aliphatic carbocycles. The molecule has 1 heterocycles. The van der Waals surface area contributed by atoms with Crippen LogP contribution in [0.5, 0.6) is 0 Å². The fourth-order valence-electron chi connectivity index (χ4n) is 7.70. The summed E-state index contributed by atoms with van der Waals surface area (Å²) in [5.41, 5.74) is 3.21. The topological polar surface area (TPSA) is 348 Å². The van der Waals surface area contributed by atoms with Crippen molar-refractivity contribution >= 4 is 78.3 Å². The van der Waals surface area contributed by atoms with Gasteiger partial charge in [-0.2, -0.15) is 18.2 Å². The van der Waals surface area contributed by atoms with Gasteiger partial charge in [0.25, 0.3) is 0 Å². The van der Waals surface area contributed by atoms with Gasteiger partial charge in [-0.3, -0.25) is 33.6 Å². The molecule has 4 unspecified atom stereocenters. The quantitative estimate of drug-likeness (QED) is 0.0194. The van der Waals surface area contributed by atoms with Gasteiger partial charge in [0, 0.05) is 59.4 Å². The molecule has 4 rings (SSSR count). The molecule has 0 radical (unpaired) electrons. The number of Topliss-reactive ketones (excluding diaryl/α,β-unsaturated/α-hetero) is 1. The first-order valence-electron chi connectivity index (χ1n) is 22.6. The molecule has 0 fully saturated rings. The minimum Gasteiger partial charge on any atom is -0.744 e. The smallest absolute Gasteiger partial charge is 0.312 e. The number of hydroxylamine groups is 1. The third-order valence-corrected chi connectivity index (χ3v) is 13.5. The molecule has 0 saturated heterocycles. The van der Waals surface area contributed by atoms with Crippen molar-refractivity contribution in [2.75, 3.05) is 37.8 Å². The number of nitrogens with zero attached hydrogens (tertiary/aromatic N) is 2. The average molecular weight is 1050 g/mol. The van der Waals surface area contributed by atoms with E-state index in [0.29, 0.717) is 54.5 Å². The van der Waals surface area contributed by atoms with E-state index in [1.54, 1.807) is 41.9 Å². The summed E-state index contributed by atoms with van der Waals surface area (Å²) < 4.78 is 93.3. The number of alkyl halides is 1. The van der Waals surface area contributed by atoms with E-state index in [2.05, 4.69) is 10.6 Å². The highest BCUT2D eigenvalue weighted by molar-refractivity contribution is 7.87. The molecule has 3 amide bonds. The van der Waals surface area contributed by atoms with Crippen molar-refractivity contribution in [3.63, 3.8) is 0 Å². The van der Waals surface area contributed by atoms with Crippen LogP contribution in [0.1, 0.15) is 67.2 Å². The highest BCUT2D eigenvalue weighted by Gasteiger charge is 2.35. The summed E-state index contributed by atoms with van der Waals surface area (Å²) in [5.74, 6) is -10.5. The van der Waals surface area contributed by atoms with Crippen LogP contribution >= 0.6 is 0 Å². The number of carbonyl (C=O) groups is 7. The number of carboxylic acid groups (broad SMARTS) is 3. The van der Waals surface area contributed by atoms with Crippen LogP contribution in [0, 0.1) is 5.92 Å². The van der Waals surface area contributed by atoms with E-state index in [4.69, 9.17) is 13.8 Å². The van der Waals surface area contributed by atoms with Crippen LogP contribution in [-0.2, 0) is 58.1 Å². The molecule has 7 N–H and O–H groups in total. The number of rotatable bonds is 27. The standard InChI is InChI=1S/C46H57FN6O17S2/c1-7-52(8-2)26-11-14-29-36(19-26)69-37-20-27(53(9-3)10-4)12-15-30(37)42(29)31-16-13-28(21-38(31)71(64,65)66)72(67,68)70-51-34(23-41(59)60)45(62)48-32(17-18-39(55)56)44(61)50-43(25(5)6)46(63)49-33(22-40(57)58)35(54)24-47/h11-16,19-21,25,32-34,43,51H,7-10,17-18,22-24H2,1-6H3,(H6-,48,49,50,55,56,57,58,59,60,61,62,63,64,65,66). The van der Waals surface area contributed by atoms with Crippen molar-refractivity contribution in [2.45, 2.75) is 101 Å². The SMILES string of the molecule is CCN(CC)c1ccc2c(-c3ccc(S(=O)(=O)ONC(CC(=O)O)C(=O)NC(CCC(=O)O)C(=O)NC(C(=O)NC(CC(=O)O)C(=O)CF)C(C)C)cc3S(=O)(=O)[O-])c3ccc(=[N+](CC)CC)cc-3oc2c1. The minimum atomic E-state index is -5.53. The molecule has 26 heteroatoms. The van der Waals surface area contributed by atoms with Gasteiger partial charge in [0.05, 0.1) is 28.7 Å². The number of fused-ring (bicyclic) bond motifs is 2. The van der Waals surface area contributed by atoms with Gasteiger partial charge < -0.3 is 45.1 Å². The summed E-state index contributed by atoms with van der Waals surface area (Å²) in [4.78, 5) is 87.2. The van der Waals surface area contributed by atoms with Crippen LogP contribution in [0.15, 0.2) is 68.8 Å². The lowest BCUT2D eigenvalue weighted by molar-refractivity contribution is -0.142. The molecule has 0 aromatic heterocycles. The number of aliphatic carboxylic acids is 3. The maximum atomic E-state index is 13.7. The lowest BCUT2D eigenvalue weighted by atomic mass is 9.93. The fourth-order valence-corrected chi connectivity index (χ4v) is 9.33. The molecular formula is C46H57FN6O17S2. The summed E-state index contributed by atoms with van der Waals surface area (Å²) >= 11 is 0. The van der Waals surface area contributed by atoms with Crippen molar-refractivity contribution in [3.05, 3.63) is 60.0 Å². The van der Waals surface area contributed by atoms with E-state index in [-0.39, 0.29) is 11.1 Å². The van der Waals surface area contributed by atoms with Crippen LogP contribution in [-0.4, -0.2) is 135 Å². The number of amides is 3. The maximum absolute atomic E-state index is 13.7. The van der Waals surface area contributed by atoms with Gasteiger partial charge in [0.2, 0.25) is 23.1 Å². The van der Waals surface area contributed by atoms with Crippen molar-refractivity contribution in [1.29, 1.82) is 0 Å². The van der Waals surface area contributed by atoms with Crippen molar-refractivity contribution < 1.29 is 83.4 Å². The molecule has 23 nitrogen and oxygen atoms in total. The van der Waals surface area contributed by atoms with Crippen molar-refractivity contribution in [3.8, 4) is 22.5 Å². The minimum absolute atomic E-state index is 0.204. The van der Waals surface area contributed by atoms with Gasteiger partial charge in [-0.25, -0.2) is 17.4 Å². The number of ketones is 1. The van der Waals surface area contributed by atoms with Crippen molar-refractivity contribution in [1.82, 2.24) is 26.0 Å². The third-order valence-electron chi connectivity index (χ3n) is 11.5. The number of halogens is 1. The van der Waals surface area contributed by atoms with E-state index in [9.17, 15) is 69.6 Å². The Kier molecular flexibility index (Phi) is 20.0. The summed E-state index contributed by atoms with van der Waals surface area (Å²) in [6.45, 7) is 11.6. The Morgan fingerprint density at radius 1 is 0.750 bits per heavy atom. The Balaban J connectivity index is 1.73. The van der Waals surface area contributed by atoms with Crippen molar-refractivity contribution in [2.24, 2.45) is 5.92 Å². The zero-order chi connectivity index (χ0) is 53.8. The van der Waals surface area contributed by atoms with E-state index in [1.807, 2.05) is 42.5 Å². The Hall–Kier alpha value is -6.87. The molecule has 4 atom stereocenters. The first-order valence-corrected chi connectivity index (χ1v) is 25.4. The van der Waals surface area contributed by atoms with Gasteiger partial charge in [-0.1, -0.05) is 19.9 Å². The second-order valence-electron chi connectivity index (χ2n) is 16.6. The molecule has 2 aliphatic rings. The largest absolute Gasteiger partial charge is 0.744 e. The number of benzene rings is 3. The Morgan fingerprint density at radius 2 is 1.35 bits per heavy atom. The summed E-state index contributed by atoms with van der Waals surface area (Å²) in [6.07, 6.45) is -3.76. The zero-order valence-electron chi connectivity index (χ0n) is 40.1. The molecule has 0 bridgehead atoms. The van der Waals surface area contributed by atoms with Gasteiger partial charge in [0.15, 0.2) is 5.78 Å². The molecule has 0 spiro atoms. The van der Waals surface area contributed by atoms with E-state index in [0.717, 1.165) is 23.2 Å². The number of anilines is 1. The molecule has 0 saturated carbocycles. The summed E-state index contributed by atoms with van der Waals surface area (Å²) in [7, 11) is -10.8. The van der Waals surface area contributed by atoms with Crippen LogP contribution in [0.25, 0.3) is 33.4 Å². The van der Waals surface area contributed by atoms with Gasteiger partial charge in [0.1, 0.15) is 65.4 Å². The monoisotopic (exact) mass is 1050 g/mol. The second kappa shape index (κ2) is 25.0. The van der Waals surface area contributed by atoms with Crippen LogP contribution in [0.4, 0.5) is 10.1 Å². The molecule has 392 valence electrons. The molecule has 1 aliphatic heterocycles. The van der Waals surface area contributed by atoms with Gasteiger partial charge in [-0.15, -0.1) is 0 Å². The Labute approximate surface area is 413 Å². The number of hydrogen-bond acceptors (Lipinski definition) is 16. The number of carbonyl (C=O) groups excluding carboxylic acids is 4. The van der Waals surface area contributed by atoms with Crippen LogP contribution in [0.2, 0.25) is 0 Å². The third kappa shape index (κ3) is 14.6. The number of carboxylic acids is 3. The predicted molar refractivity (Wildman–Crippen MR) is 254 cm³/mol. The number of nitrogens with one attached hydrogen (secondary N) is 4. The van der Waals surface area contributed by atoms with Crippen LogP contribution in [0.3, 0.4) is 0 Å². The lowest BCUT2D eigenvalue weighted by Gasteiger charge is -2.27. The van der Waals surface area contributed by atoms with Gasteiger partial charge >= 0.3 is 28.0 Å². The first-order chi connectivity index (χ1) is 33.8. The Bertz CT molecular complexity index is 2970. The van der Waals surface area contributed by atoms with Crippen LogP contribution < -0.4 is 36.3 Å². The highest BCUT2D eigenvalue weighted by Crippen LogP contribution is 2.43. The van der Waals surface area contributed by atoms with E-state index in [1.165, 1.54) is 13.8 Å². The fraction of sp³-hybridized carbons (Fsp3) is 0.435. The average Bonchev–Trinajstić information content (AvgIpc) is 3.31. The maximum Gasteiger partial charge on any atom is 0.312 e. The molecular weight excluding hydrogens is 992 g/mol.